The fourth-order valence-corrected chi connectivity index (χ4v) is 1.90. The quantitative estimate of drug-likeness (QED) is 0.612. The zero-order valence-electron chi connectivity index (χ0n) is 10.2. The second-order valence-electron chi connectivity index (χ2n) is 4.10. The van der Waals surface area contributed by atoms with Gasteiger partial charge >= 0.3 is 0 Å². The highest BCUT2D eigenvalue weighted by Gasteiger charge is 2.14. The van der Waals surface area contributed by atoms with Crippen molar-refractivity contribution in [3.05, 3.63) is 47.0 Å². The maximum Gasteiger partial charge on any atom is 0.194 e. The Hall–Kier alpha value is -1.62. The number of benzene rings is 1. The van der Waals surface area contributed by atoms with Crippen molar-refractivity contribution < 1.29 is 13.2 Å². The van der Waals surface area contributed by atoms with Crippen LogP contribution in [0.3, 0.4) is 0 Å². The van der Waals surface area contributed by atoms with Crippen molar-refractivity contribution in [2.75, 3.05) is 0 Å². The second-order valence-corrected chi connectivity index (χ2v) is 4.76. The van der Waals surface area contributed by atoms with Crippen molar-refractivity contribution in [3.8, 4) is 11.4 Å². The van der Waals surface area contributed by atoms with Gasteiger partial charge in [0.15, 0.2) is 23.3 Å². The first-order valence-electron chi connectivity index (χ1n) is 5.52. The van der Waals surface area contributed by atoms with E-state index in [4.69, 9.17) is 11.6 Å². The van der Waals surface area contributed by atoms with Gasteiger partial charge in [-0.25, -0.2) is 23.1 Å². The van der Waals surface area contributed by atoms with Crippen LogP contribution in [0.1, 0.15) is 23.6 Å². The Morgan fingerprint density at radius 1 is 1.16 bits per heavy atom. The molecule has 0 aliphatic rings. The summed E-state index contributed by atoms with van der Waals surface area (Å²) in [6.07, 6.45) is 1.49. The van der Waals surface area contributed by atoms with Crippen LogP contribution in [0.2, 0.25) is 0 Å². The fourth-order valence-electron chi connectivity index (χ4n) is 1.69. The number of alkyl halides is 1. The Morgan fingerprint density at radius 2 is 1.74 bits per heavy atom. The Labute approximate surface area is 113 Å². The molecule has 1 atom stereocenters. The average Bonchev–Trinajstić information content (AvgIpc) is 2.34. The highest BCUT2D eigenvalue weighted by molar-refractivity contribution is 6.20. The van der Waals surface area contributed by atoms with E-state index in [0.29, 0.717) is 5.69 Å². The lowest BCUT2D eigenvalue weighted by atomic mass is 10.1. The molecule has 0 spiro atoms. The zero-order valence-corrected chi connectivity index (χ0v) is 11.0. The number of aryl methyl sites for hydroxylation is 1. The third-order valence-electron chi connectivity index (χ3n) is 2.69. The van der Waals surface area contributed by atoms with Crippen LogP contribution in [-0.2, 0) is 0 Å². The molecule has 0 saturated heterocycles. The SMILES string of the molecule is Cc1nc(-c2cc(F)c(F)c(F)c2)ncc1C(C)Cl. The summed E-state index contributed by atoms with van der Waals surface area (Å²) in [4.78, 5) is 8.12. The standard InChI is InChI=1S/C13H10ClF3N2/c1-6(14)9-5-18-13(19-7(9)2)8-3-10(15)12(17)11(16)4-8/h3-6H,1-2H3. The molecule has 1 unspecified atom stereocenters. The van der Waals surface area contributed by atoms with E-state index in [-0.39, 0.29) is 16.8 Å². The maximum atomic E-state index is 13.1. The summed E-state index contributed by atoms with van der Waals surface area (Å²) >= 11 is 5.93. The lowest BCUT2D eigenvalue weighted by Crippen LogP contribution is -2.00. The van der Waals surface area contributed by atoms with Crippen LogP contribution in [0.15, 0.2) is 18.3 Å². The number of nitrogens with zero attached hydrogens (tertiary/aromatic N) is 2. The van der Waals surface area contributed by atoms with Crippen molar-refractivity contribution >= 4 is 11.6 Å². The molecule has 1 aromatic heterocycles. The van der Waals surface area contributed by atoms with E-state index in [2.05, 4.69) is 9.97 Å². The first-order valence-corrected chi connectivity index (χ1v) is 5.96. The van der Waals surface area contributed by atoms with E-state index in [1.807, 2.05) is 0 Å². The minimum absolute atomic E-state index is 0.0771. The van der Waals surface area contributed by atoms with Gasteiger partial charge in [-0.1, -0.05) is 0 Å². The third-order valence-corrected chi connectivity index (χ3v) is 2.92. The van der Waals surface area contributed by atoms with Crippen LogP contribution in [0.4, 0.5) is 13.2 Å². The topological polar surface area (TPSA) is 25.8 Å². The van der Waals surface area contributed by atoms with Crippen molar-refractivity contribution in [2.24, 2.45) is 0 Å². The van der Waals surface area contributed by atoms with Crippen molar-refractivity contribution in [2.45, 2.75) is 19.2 Å². The molecule has 1 aromatic carbocycles. The summed E-state index contributed by atoms with van der Waals surface area (Å²) < 4.78 is 39.2. The first-order chi connectivity index (χ1) is 8.90. The summed E-state index contributed by atoms with van der Waals surface area (Å²) in [6, 6.07) is 1.72. The van der Waals surface area contributed by atoms with Gasteiger partial charge < -0.3 is 0 Å². The van der Waals surface area contributed by atoms with Crippen molar-refractivity contribution in [1.29, 1.82) is 0 Å². The Kier molecular flexibility index (Phi) is 3.75. The van der Waals surface area contributed by atoms with Crippen LogP contribution < -0.4 is 0 Å². The highest BCUT2D eigenvalue weighted by Crippen LogP contribution is 2.25. The summed E-state index contributed by atoms with van der Waals surface area (Å²) in [7, 11) is 0. The van der Waals surface area contributed by atoms with Crippen LogP contribution in [0.5, 0.6) is 0 Å². The van der Waals surface area contributed by atoms with Crippen molar-refractivity contribution in [3.63, 3.8) is 0 Å². The molecule has 0 saturated carbocycles. The van der Waals surface area contributed by atoms with Gasteiger partial charge in [-0.15, -0.1) is 11.6 Å². The molecule has 2 aromatic rings. The average molecular weight is 287 g/mol. The number of hydrogen-bond donors (Lipinski definition) is 0. The van der Waals surface area contributed by atoms with E-state index in [1.54, 1.807) is 13.8 Å². The van der Waals surface area contributed by atoms with E-state index in [0.717, 1.165) is 17.7 Å². The molecule has 0 bridgehead atoms. The predicted octanol–water partition coefficient (Wildman–Crippen LogP) is 4.17. The molecular formula is C13H10ClF3N2. The van der Waals surface area contributed by atoms with Gasteiger partial charge in [0, 0.05) is 23.0 Å². The Balaban J connectivity index is 2.51. The Bertz CT molecular complexity index is 606. The van der Waals surface area contributed by atoms with Crippen LogP contribution in [0, 0.1) is 24.4 Å². The number of rotatable bonds is 2. The van der Waals surface area contributed by atoms with Crippen LogP contribution >= 0.6 is 11.6 Å². The third kappa shape index (κ3) is 2.71. The Morgan fingerprint density at radius 3 is 2.21 bits per heavy atom. The second kappa shape index (κ2) is 5.17. The largest absolute Gasteiger partial charge is 0.236 e. The zero-order chi connectivity index (χ0) is 14.2. The van der Waals surface area contributed by atoms with Gasteiger partial charge in [0.2, 0.25) is 0 Å². The maximum absolute atomic E-state index is 13.1. The molecule has 19 heavy (non-hydrogen) atoms. The number of aromatic nitrogens is 2. The van der Waals surface area contributed by atoms with E-state index in [1.165, 1.54) is 6.20 Å². The molecule has 0 N–H and O–H groups in total. The fraction of sp³-hybridized carbons (Fsp3) is 0.231. The molecule has 0 aliphatic carbocycles. The molecule has 6 heteroatoms. The highest BCUT2D eigenvalue weighted by atomic mass is 35.5. The van der Waals surface area contributed by atoms with E-state index < -0.39 is 17.5 Å². The lowest BCUT2D eigenvalue weighted by molar-refractivity contribution is 0.447. The first kappa shape index (κ1) is 13.8. The minimum atomic E-state index is -1.51. The molecule has 2 nitrogen and oxygen atoms in total. The van der Waals surface area contributed by atoms with Gasteiger partial charge in [0.05, 0.1) is 5.38 Å². The molecule has 0 aliphatic heterocycles. The predicted molar refractivity (Wildman–Crippen MR) is 66.3 cm³/mol. The molecule has 0 fully saturated rings. The van der Waals surface area contributed by atoms with Gasteiger partial charge in [-0.2, -0.15) is 0 Å². The van der Waals surface area contributed by atoms with Gasteiger partial charge in [-0.3, -0.25) is 0 Å². The molecule has 0 amide bonds. The normalized spacial score (nSPS) is 12.5. The molecule has 1 heterocycles. The summed E-state index contributed by atoms with van der Waals surface area (Å²) in [6.45, 7) is 3.49. The van der Waals surface area contributed by atoms with Crippen LogP contribution in [-0.4, -0.2) is 9.97 Å². The molecule has 100 valence electrons. The summed E-state index contributed by atoms with van der Waals surface area (Å²) in [5.41, 5.74) is 1.42. The van der Waals surface area contributed by atoms with E-state index in [9.17, 15) is 13.2 Å². The van der Waals surface area contributed by atoms with Gasteiger partial charge in [-0.05, 0) is 26.0 Å². The number of hydrogen-bond acceptors (Lipinski definition) is 2. The molecule has 2 rings (SSSR count). The summed E-state index contributed by atoms with van der Waals surface area (Å²) in [5.74, 6) is -3.93. The van der Waals surface area contributed by atoms with Gasteiger partial charge in [0.1, 0.15) is 0 Å². The smallest absolute Gasteiger partial charge is 0.194 e. The monoisotopic (exact) mass is 286 g/mol. The minimum Gasteiger partial charge on any atom is -0.236 e. The lowest BCUT2D eigenvalue weighted by Gasteiger charge is -2.08. The number of halogens is 4. The van der Waals surface area contributed by atoms with Crippen LogP contribution in [0.25, 0.3) is 11.4 Å². The molecular weight excluding hydrogens is 277 g/mol. The van der Waals surface area contributed by atoms with Crippen molar-refractivity contribution in [1.82, 2.24) is 9.97 Å². The van der Waals surface area contributed by atoms with E-state index >= 15 is 0 Å². The summed E-state index contributed by atoms with van der Waals surface area (Å²) in [5, 5.41) is -0.268. The van der Waals surface area contributed by atoms with Gasteiger partial charge in [0.25, 0.3) is 0 Å². The molecule has 0 radical (unpaired) electrons.